The highest BCUT2D eigenvalue weighted by Crippen LogP contribution is 2.32. The first-order chi connectivity index (χ1) is 14.2. The van der Waals surface area contributed by atoms with E-state index < -0.39 is 0 Å². The molecule has 1 fully saturated rings. The molecule has 0 radical (unpaired) electrons. The van der Waals surface area contributed by atoms with Crippen molar-refractivity contribution in [2.45, 2.75) is 25.3 Å². The molecule has 0 N–H and O–H groups in total. The summed E-state index contributed by atoms with van der Waals surface area (Å²) in [5.74, 6) is 0.420. The molecular formula is C24H23FN2O2. The molecule has 1 aliphatic heterocycles. The van der Waals surface area contributed by atoms with E-state index in [1.807, 2.05) is 47.4 Å². The van der Waals surface area contributed by atoms with E-state index in [-0.39, 0.29) is 17.8 Å². The summed E-state index contributed by atoms with van der Waals surface area (Å²) in [7, 11) is 1.67. The van der Waals surface area contributed by atoms with Crippen LogP contribution in [0.2, 0.25) is 0 Å². The summed E-state index contributed by atoms with van der Waals surface area (Å²) in [6.07, 6.45) is 2.46. The molecule has 1 atom stereocenters. The first-order valence-corrected chi connectivity index (χ1v) is 9.80. The Hall–Kier alpha value is -3.21. The van der Waals surface area contributed by atoms with E-state index in [1.165, 1.54) is 12.1 Å². The molecule has 5 heteroatoms. The number of ether oxygens (including phenoxy) is 1. The average Bonchev–Trinajstić information content (AvgIpc) is 3.24. The molecule has 148 valence electrons. The smallest absolute Gasteiger partial charge is 0.254 e. The zero-order valence-corrected chi connectivity index (χ0v) is 16.3. The fraction of sp³-hybridized carbons (Fsp3) is 0.250. The Morgan fingerprint density at radius 1 is 1.10 bits per heavy atom. The van der Waals surface area contributed by atoms with Crippen LogP contribution in [0.3, 0.4) is 0 Å². The molecular weight excluding hydrogens is 367 g/mol. The van der Waals surface area contributed by atoms with E-state index >= 15 is 0 Å². The number of pyridine rings is 1. The van der Waals surface area contributed by atoms with E-state index in [0.29, 0.717) is 18.5 Å². The molecule has 2 heterocycles. The minimum atomic E-state index is -0.342. The van der Waals surface area contributed by atoms with Crippen molar-refractivity contribution in [3.8, 4) is 5.75 Å². The van der Waals surface area contributed by atoms with Crippen LogP contribution in [0.4, 0.5) is 4.39 Å². The number of likely N-dealkylation sites (tertiary alicyclic amines) is 1. The number of aromatic nitrogens is 1. The lowest BCUT2D eigenvalue weighted by atomic mass is 10.1. The van der Waals surface area contributed by atoms with Gasteiger partial charge in [0.15, 0.2) is 0 Å². The quantitative estimate of drug-likeness (QED) is 0.629. The number of nitrogens with zero attached hydrogens (tertiary/aromatic N) is 2. The third-order valence-corrected chi connectivity index (χ3v) is 5.34. The van der Waals surface area contributed by atoms with Crippen LogP contribution < -0.4 is 4.74 Å². The molecule has 29 heavy (non-hydrogen) atoms. The van der Waals surface area contributed by atoms with E-state index in [1.54, 1.807) is 19.2 Å². The maximum atomic E-state index is 13.2. The van der Waals surface area contributed by atoms with Crippen LogP contribution in [0.1, 0.15) is 46.2 Å². The van der Waals surface area contributed by atoms with Gasteiger partial charge in [0.2, 0.25) is 0 Å². The topological polar surface area (TPSA) is 42.4 Å². The van der Waals surface area contributed by atoms with Gasteiger partial charge in [0.25, 0.3) is 5.91 Å². The van der Waals surface area contributed by atoms with E-state index in [2.05, 4.69) is 0 Å². The normalized spacial score (nSPS) is 16.1. The van der Waals surface area contributed by atoms with Crippen LogP contribution >= 0.6 is 0 Å². The predicted octanol–water partition coefficient (Wildman–Crippen LogP) is 4.80. The molecule has 1 aliphatic rings. The molecule has 1 unspecified atom stereocenters. The van der Waals surface area contributed by atoms with Gasteiger partial charge in [-0.2, -0.15) is 0 Å². The lowest BCUT2D eigenvalue weighted by Crippen LogP contribution is -2.31. The van der Waals surface area contributed by atoms with Gasteiger partial charge < -0.3 is 9.64 Å². The molecule has 0 aliphatic carbocycles. The van der Waals surface area contributed by atoms with Crippen molar-refractivity contribution in [3.63, 3.8) is 0 Å². The fourth-order valence-electron chi connectivity index (χ4n) is 3.90. The van der Waals surface area contributed by atoms with Crippen molar-refractivity contribution < 1.29 is 13.9 Å². The molecule has 0 bridgehead atoms. The van der Waals surface area contributed by atoms with Crippen LogP contribution in [-0.2, 0) is 6.42 Å². The Kier molecular flexibility index (Phi) is 5.56. The van der Waals surface area contributed by atoms with Gasteiger partial charge in [-0.05, 0) is 55.3 Å². The average molecular weight is 390 g/mol. The highest BCUT2D eigenvalue weighted by Gasteiger charge is 2.31. The lowest BCUT2D eigenvalue weighted by molar-refractivity contribution is 0.0732. The minimum Gasteiger partial charge on any atom is -0.496 e. The van der Waals surface area contributed by atoms with Crippen LogP contribution in [-0.4, -0.2) is 29.4 Å². The second kappa shape index (κ2) is 8.43. The number of carbonyl (C=O) groups excluding carboxylic acids is 1. The van der Waals surface area contributed by atoms with Crippen LogP contribution in [0.5, 0.6) is 5.75 Å². The monoisotopic (exact) mass is 390 g/mol. The Morgan fingerprint density at radius 3 is 2.69 bits per heavy atom. The van der Waals surface area contributed by atoms with Gasteiger partial charge in [-0.15, -0.1) is 0 Å². The summed E-state index contributed by atoms with van der Waals surface area (Å²) in [6.45, 7) is 0.680. The van der Waals surface area contributed by atoms with Crippen molar-refractivity contribution >= 4 is 5.91 Å². The van der Waals surface area contributed by atoms with E-state index in [0.717, 1.165) is 35.5 Å². The largest absolute Gasteiger partial charge is 0.496 e. The van der Waals surface area contributed by atoms with Crippen molar-refractivity contribution in [1.29, 1.82) is 0 Å². The molecule has 4 rings (SSSR count). The molecule has 4 nitrogen and oxygen atoms in total. The van der Waals surface area contributed by atoms with Gasteiger partial charge in [-0.3, -0.25) is 9.78 Å². The molecule has 0 saturated carbocycles. The summed E-state index contributed by atoms with van der Waals surface area (Å²) >= 11 is 0. The van der Waals surface area contributed by atoms with Crippen molar-refractivity contribution in [2.75, 3.05) is 13.7 Å². The number of benzene rings is 2. The van der Waals surface area contributed by atoms with E-state index in [4.69, 9.17) is 9.72 Å². The van der Waals surface area contributed by atoms with Crippen molar-refractivity contribution in [3.05, 3.63) is 95.1 Å². The van der Waals surface area contributed by atoms with Gasteiger partial charge in [0.05, 0.1) is 18.8 Å². The van der Waals surface area contributed by atoms with Crippen molar-refractivity contribution in [2.24, 2.45) is 0 Å². The zero-order chi connectivity index (χ0) is 20.2. The third-order valence-electron chi connectivity index (χ3n) is 5.34. The summed E-state index contributed by atoms with van der Waals surface area (Å²) in [4.78, 5) is 19.7. The predicted molar refractivity (Wildman–Crippen MR) is 109 cm³/mol. The minimum absolute atomic E-state index is 0.0647. The molecule has 1 aromatic heterocycles. The molecule has 2 aromatic carbocycles. The second-order valence-corrected chi connectivity index (χ2v) is 7.21. The number of carbonyl (C=O) groups is 1. The SMILES string of the molecule is COc1ccccc1Cc1cccc(C2CCCN2C(=O)c2ccc(F)cc2)n1. The molecule has 3 aromatic rings. The second-order valence-electron chi connectivity index (χ2n) is 7.21. The van der Waals surface area contributed by atoms with Gasteiger partial charge in [-0.1, -0.05) is 24.3 Å². The Morgan fingerprint density at radius 2 is 1.90 bits per heavy atom. The van der Waals surface area contributed by atoms with Gasteiger partial charge in [0.1, 0.15) is 11.6 Å². The van der Waals surface area contributed by atoms with Gasteiger partial charge in [0, 0.05) is 29.8 Å². The Bertz CT molecular complexity index is 1000. The first-order valence-electron chi connectivity index (χ1n) is 9.80. The summed E-state index contributed by atoms with van der Waals surface area (Å²) < 4.78 is 18.6. The van der Waals surface area contributed by atoms with Crippen LogP contribution in [0.25, 0.3) is 0 Å². The van der Waals surface area contributed by atoms with Gasteiger partial charge >= 0.3 is 0 Å². The summed E-state index contributed by atoms with van der Waals surface area (Å²) in [5.41, 5.74) is 3.41. The summed E-state index contributed by atoms with van der Waals surface area (Å²) in [5, 5.41) is 0. The van der Waals surface area contributed by atoms with Crippen LogP contribution in [0, 0.1) is 5.82 Å². The number of para-hydroxylation sites is 1. The molecule has 0 spiro atoms. The molecule has 1 saturated heterocycles. The number of hydrogen-bond acceptors (Lipinski definition) is 3. The summed E-state index contributed by atoms with van der Waals surface area (Å²) in [6, 6.07) is 19.5. The number of rotatable bonds is 5. The maximum Gasteiger partial charge on any atom is 0.254 e. The number of halogens is 1. The zero-order valence-electron chi connectivity index (χ0n) is 16.3. The lowest BCUT2D eigenvalue weighted by Gasteiger charge is -2.25. The highest BCUT2D eigenvalue weighted by molar-refractivity contribution is 5.94. The Balaban J connectivity index is 1.57. The Labute approximate surface area is 170 Å². The first kappa shape index (κ1) is 19.1. The highest BCUT2D eigenvalue weighted by atomic mass is 19.1. The number of hydrogen-bond donors (Lipinski definition) is 0. The van der Waals surface area contributed by atoms with Crippen molar-refractivity contribution in [1.82, 2.24) is 9.88 Å². The molecule has 1 amide bonds. The van der Waals surface area contributed by atoms with Crippen LogP contribution in [0.15, 0.2) is 66.7 Å². The fourth-order valence-corrected chi connectivity index (χ4v) is 3.90. The third kappa shape index (κ3) is 4.14. The number of methoxy groups -OCH3 is 1. The number of amides is 1. The van der Waals surface area contributed by atoms with E-state index in [9.17, 15) is 9.18 Å². The van der Waals surface area contributed by atoms with Gasteiger partial charge in [-0.25, -0.2) is 4.39 Å². The standard InChI is InChI=1S/C24H23FN2O2/c1-29-23-10-3-2-6-18(23)16-20-7-4-8-21(26-20)22-9-5-15-27(22)24(28)17-11-13-19(25)14-12-17/h2-4,6-8,10-14,22H,5,9,15-16H2,1H3. The maximum absolute atomic E-state index is 13.2.